The molecule has 0 aliphatic carbocycles. The number of likely N-dealkylation sites (N-methyl/N-ethyl adjacent to an activating group) is 1. The highest BCUT2D eigenvalue weighted by Crippen LogP contribution is 2.39. The highest BCUT2D eigenvalue weighted by molar-refractivity contribution is 6.06. The van der Waals surface area contributed by atoms with Gasteiger partial charge in [0.2, 0.25) is 5.91 Å². The van der Waals surface area contributed by atoms with Crippen LogP contribution >= 0.6 is 0 Å². The number of anilines is 1. The third-order valence-electron chi connectivity index (χ3n) is 6.20. The highest BCUT2D eigenvalue weighted by atomic mass is 16.4. The van der Waals surface area contributed by atoms with Gasteiger partial charge in [0, 0.05) is 18.2 Å². The van der Waals surface area contributed by atoms with Gasteiger partial charge in [-0.3, -0.25) is 14.4 Å². The molecule has 4 aromatic rings. The van der Waals surface area contributed by atoms with Gasteiger partial charge < -0.3 is 20.0 Å². The van der Waals surface area contributed by atoms with Gasteiger partial charge in [-0.2, -0.15) is 0 Å². The lowest BCUT2D eigenvalue weighted by molar-refractivity contribution is -0.128. The molecule has 1 aliphatic rings. The number of para-hydroxylation sites is 1. The third kappa shape index (κ3) is 4.24. The van der Waals surface area contributed by atoms with Crippen molar-refractivity contribution >= 4 is 23.4 Å². The second-order valence-corrected chi connectivity index (χ2v) is 8.54. The zero-order valence-electron chi connectivity index (χ0n) is 19.8. The standard InChI is InChI=1S/C28H24N4O4/c1-17(29-26(34)27-30-22(16-36-27)18-10-4-3-5-11-18)25(33)31-24-21-14-7-6-12-19(21)20-13-8-9-15-23(20)32(2)28(24)35/h3-17,24H,1-2H3,(H,29,34)(H,31,33)/t17-,24?/m0/s1. The molecule has 2 N–H and O–H groups in total. The van der Waals surface area contributed by atoms with Crippen molar-refractivity contribution in [2.45, 2.75) is 19.0 Å². The number of nitrogens with zero attached hydrogens (tertiary/aromatic N) is 2. The van der Waals surface area contributed by atoms with E-state index in [-0.39, 0.29) is 11.8 Å². The van der Waals surface area contributed by atoms with Gasteiger partial charge in [-0.1, -0.05) is 72.8 Å². The van der Waals surface area contributed by atoms with Crippen molar-refractivity contribution in [2.75, 3.05) is 11.9 Å². The Hall–Kier alpha value is -4.72. The van der Waals surface area contributed by atoms with Crippen molar-refractivity contribution in [2.24, 2.45) is 0 Å². The molecule has 5 rings (SSSR count). The number of carbonyl (C=O) groups excluding carboxylic acids is 3. The number of nitrogens with one attached hydrogen (secondary N) is 2. The fraction of sp³-hybridized carbons (Fsp3) is 0.143. The van der Waals surface area contributed by atoms with E-state index in [0.717, 1.165) is 22.4 Å². The third-order valence-corrected chi connectivity index (χ3v) is 6.20. The lowest BCUT2D eigenvalue weighted by Crippen LogP contribution is -2.49. The molecule has 36 heavy (non-hydrogen) atoms. The van der Waals surface area contributed by atoms with Gasteiger partial charge in [0.25, 0.3) is 11.8 Å². The second-order valence-electron chi connectivity index (χ2n) is 8.54. The Bertz CT molecular complexity index is 1450. The Labute approximate surface area is 208 Å². The minimum Gasteiger partial charge on any atom is -0.440 e. The maximum absolute atomic E-state index is 13.4. The molecule has 3 aromatic carbocycles. The molecular weight excluding hydrogens is 456 g/mol. The molecule has 0 fully saturated rings. The van der Waals surface area contributed by atoms with Gasteiger partial charge in [0.1, 0.15) is 24.0 Å². The molecule has 0 bridgehead atoms. The number of rotatable bonds is 5. The number of hydrogen-bond donors (Lipinski definition) is 2. The maximum Gasteiger partial charge on any atom is 0.307 e. The fourth-order valence-electron chi connectivity index (χ4n) is 4.28. The van der Waals surface area contributed by atoms with Crippen LogP contribution in [0, 0.1) is 0 Å². The van der Waals surface area contributed by atoms with Crippen LogP contribution < -0.4 is 15.5 Å². The number of aromatic nitrogens is 1. The SMILES string of the molecule is C[C@H](NC(=O)c1nc(-c2ccccc2)co1)C(=O)NC1C(=O)N(C)c2ccccc2-c2ccccc21. The quantitative estimate of drug-likeness (QED) is 0.450. The van der Waals surface area contributed by atoms with Crippen LogP contribution in [0.4, 0.5) is 5.69 Å². The van der Waals surface area contributed by atoms with E-state index >= 15 is 0 Å². The van der Waals surface area contributed by atoms with Crippen molar-refractivity contribution in [3.8, 4) is 22.4 Å². The van der Waals surface area contributed by atoms with Gasteiger partial charge in [-0.15, -0.1) is 0 Å². The molecule has 1 aromatic heterocycles. The molecule has 2 atom stereocenters. The van der Waals surface area contributed by atoms with Crippen LogP contribution in [0.15, 0.2) is 89.5 Å². The van der Waals surface area contributed by atoms with E-state index in [1.54, 1.807) is 18.9 Å². The van der Waals surface area contributed by atoms with Crippen molar-refractivity contribution in [1.82, 2.24) is 15.6 Å². The largest absolute Gasteiger partial charge is 0.440 e. The smallest absolute Gasteiger partial charge is 0.307 e. The van der Waals surface area contributed by atoms with Crippen molar-refractivity contribution in [3.05, 3.63) is 96.6 Å². The lowest BCUT2D eigenvalue weighted by atomic mass is 9.95. The molecule has 1 unspecified atom stereocenters. The van der Waals surface area contributed by atoms with E-state index in [2.05, 4.69) is 15.6 Å². The van der Waals surface area contributed by atoms with Crippen LogP contribution in [0.25, 0.3) is 22.4 Å². The van der Waals surface area contributed by atoms with Gasteiger partial charge >= 0.3 is 5.91 Å². The van der Waals surface area contributed by atoms with Crippen LogP contribution in [0.1, 0.15) is 29.2 Å². The van der Waals surface area contributed by atoms with Crippen LogP contribution in [0.3, 0.4) is 0 Å². The van der Waals surface area contributed by atoms with E-state index in [4.69, 9.17) is 4.42 Å². The van der Waals surface area contributed by atoms with E-state index in [1.165, 1.54) is 6.26 Å². The lowest BCUT2D eigenvalue weighted by Gasteiger charge is -2.24. The van der Waals surface area contributed by atoms with Gasteiger partial charge in [-0.25, -0.2) is 4.98 Å². The summed E-state index contributed by atoms with van der Waals surface area (Å²) in [6.07, 6.45) is 1.39. The first-order valence-electron chi connectivity index (χ1n) is 11.5. The molecule has 8 heteroatoms. The number of benzene rings is 3. The first-order valence-corrected chi connectivity index (χ1v) is 11.5. The monoisotopic (exact) mass is 480 g/mol. The second kappa shape index (κ2) is 9.50. The van der Waals surface area contributed by atoms with E-state index < -0.39 is 23.9 Å². The molecule has 0 radical (unpaired) electrons. The molecule has 180 valence electrons. The molecule has 0 spiro atoms. The van der Waals surface area contributed by atoms with Gasteiger partial charge in [-0.05, 0) is 24.1 Å². The van der Waals surface area contributed by atoms with Crippen LogP contribution in [0.2, 0.25) is 0 Å². The highest BCUT2D eigenvalue weighted by Gasteiger charge is 2.34. The average molecular weight is 481 g/mol. The summed E-state index contributed by atoms with van der Waals surface area (Å²) in [6, 6.07) is 22.5. The number of oxazole rings is 1. The first kappa shape index (κ1) is 23.0. The Kier molecular flexibility index (Phi) is 6.08. The molecule has 0 saturated carbocycles. The summed E-state index contributed by atoms with van der Waals surface area (Å²) in [5, 5.41) is 5.42. The summed E-state index contributed by atoms with van der Waals surface area (Å²) in [5.74, 6) is -1.57. The maximum atomic E-state index is 13.4. The molecule has 8 nitrogen and oxygen atoms in total. The molecular formula is C28H24N4O4. The topological polar surface area (TPSA) is 105 Å². The Morgan fingerprint density at radius 1 is 0.944 bits per heavy atom. The Morgan fingerprint density at radius 2 is 1.61 bits per heavy atom. The number of hydrogen-bond acceptors (Lipinski definition) is 5. The number of fused-ring (bicyclic) bond motifs is 3. The Balaban J connectivity index is 1.34. The van der Waals surface area contributed by atoms with Gasteiger partial charge in [0.05, 0.1) is 5.69 Å². The summed E-state index contributed by atoms with van der Waals surface area (Å²) in [6.45, 7) is 1.54. The van der Waals surface area contributed by atoms with Gasteiger partial charge in [0.15, 0.2) is 0 Å². The number of amides is 3. The predicted octanol–water partition coefficient (Wildman–Crippen LogP) is 3.96. The zero-order valence-corrected chi connectivity index (χ0v) is 19.8. The van der Waals surface area contributed by atoms with Crippen LogP contribution in [0.5, 0.6) is 0 Å². The molecule has 3 amide bonds. The fourth-order valence-corrected chi connectivity index (χ4v) is 4.28. The summed E-state index contributed by atoms with van der Waals surface area (Å²) in [5.41, 5.74) is 4.53. The van der Waals surface area contributed by atoms with Crippen molar-refractivity contribution in [1.29, 1.82) is 0 Å². The average Bonchev–Trinajstić information content (AvgIpc) is 3.39. The van der Waals surface area contributed by atoms with Crippen LogP contribution in [-0.4, -0.2) is 35.8 Å². The van der Waals surface area contributed by atoms with E-state index in [0.29, 0.717) is 11.3 Å². The number of carbonyl (C=O) groups is 3. The summed E-state index contributed by atoms with van der Waals surface area (Å²) in [7, 11) is 1.68. The van der Waals surface area contributed by atoms with Crippen molar-refractivity contribution in [3.63, 3.8) is 0 Å². The van der Waals surface area contributed by atoms with E-state index in [9.17, 15) is 14.4 Å². The zero-order chi connectivity index (χ0) is 25.2. The van der Waals surface area contributed by atoms with Crippen LogP contribution in [-0.2, 0) is 9.59 Å². The molecule has 0 saturated heterocycles. The Morgan fingerprint density at radius 3 is 2.39 bits per heavy atom. The minimum absolute atomic E-state index is 0.153. The molecule has 2 heterocycles. The molecule has 1 aliphatic heterocycles. The minimum atomic E-state index is -0.944. The summed E-state index contributed by atoms with van der Waals surface area (Å²) >= 11 is 0. The summed E-state index contributed by atoms with van der Waals surface area (Å²) in [4.78, 5) is 45.0. The summed E-state index contributed by atoms with van der Waals surface area (Å²) < 4.78 is 5.33. The first-order chi connectivity index (χ1) is 17.4. The van der Waals surface area contributed by atoms with E-state index in [1.807, 2.05) is 78.9 Å². The van der Waals surface area contributed by atoms with Crippen molar-refractivity contribution < 1.29 is 18.8 Å². The predicted molar refractivity (Wildman–Crippen MR) is 135 cm³/mol. The normalized spacial score (nSPS) is 15.3.